The largest absolute Gasteiger partial charge is 0.481 e. The fraction of sp³-hybridized carbons (Fsp3) is 0.875. The maximum atomic E-state index is 12.7. The summed E-state index contributed by atoms with van der Waals surface area (Å²) >= 11 is 0. The van der Waals surface area contributed by atoms with Crippen LogP contribution in [0.4, 0.5) is 4.79 Å². The van der Waals surface area contributed by atoms with Crippen LogP contribution in [0.2, 0.25) is 0 Å². The number of hydrogen-bond acceptors (Lipinski definition) is 2. The average Bonchev–Trinajstić information content (AvgIpc) is 2.45. The first kappa shape index (κ1) is 16.1. The van der Waals surface area contributed by atoms with E-state index >= 15 is 0 Å². The molecule has 1 heterocycles. The fourth-order valence-corrected chi connectivity index (χ4v) is 3.71. The third kappa shape index (κ3) is 3.50. The molecule has 2 aliphatic rings. The van der Waals surface area contributed by atoms with Gasteiger partial charge in [0.05, 0.1) is 5.41 Å². The fourth-order valence-electron chi connectivity index (χ4n) is 3.71. The zero-order valence-corrected chi connectivity index (χ0v) is 13.5. The second-order valence-electron chi connectivity index (χ2n) is 7.21. The Morgan fingerprint density at radius 1 is 1.29 bits per heavy atom. The minimum absolute atomic E-state index is 0.00118. The number of nitrogens with zero attached hydrogens (tertiary/aromatic N) is 2. The highest BCUT2D eigenvalue weighted by Gasteiger charge is 2.40. The molecular weight excluding hydrogens is 268 g/mol. The van der Waals surface area contributed by atoms with E-state index in [4.69, 9.17) is 0 Å². The minimum atomic E-state index is -0.797. The zero-order valence-electron chi connectivity index (χ0n) is 13.5. The van der Waals surface area contributed by atoms with Crippen molar-refractivity contribution in [1.29, 1.82) is 0 Å². The lowest BCUT2D eigenvalue weighted by molar-refractivity contribution is -0.150. The van der Waals surface area contributed by atoms with E-state index in [-0.39, 0.29) is 6.03 Å². The van der Waals surface area contributed by atoms with E-state index in [1.165, 1.54) is 12.8 Å². The van der Waals surface area contributed by atoms with Crippen molar-refractivity contribution in [3.63, 3.8) is 0 Å². The average molecular weight is 296 g/mol. The van der Waals surface area contributed by atoms with E-state index in [1.54, 1.807) is 11.8 Å². The van der Waals surface area contributed by atoms with Crippen molar-refractivity contribution in [2.45, 2.75) is 58.4 Å². The summed E-state index contributed by atoms with van der Waals surface area (Å²) in [6, 6.07) is 0.306. The number of amides is 2. The van der Waals surface area contributed by atoms with Crippen molar-refractivity contribution < 1.29 is 14.7 Å². The first-order valence-corrected chi connectivity index (χ1v) is 8.08. The van der Waals surface area contributed by atoms with Crippen molar-refractivity contribution in [2.24, 2.45) is 11.3 Å². The van der Waals surface area contributed by atoms with Gasteiger partial charge in [0, 0.05) is 26.2 Å². The normalized spacial score (nSPS) is 33.6. The molecule has 0 aromatic rings. The lowest BCUT2D eigenvalue weighted by Gasteiger charge is -2.42. The Hall–Kier alpha value is -1.26. The molecule has 1 aliphatic carbocycles. The number of carboxylic acids is 1. The van der Waals surface area contributed by atoms with Gasteiger partial charge in [-0.25, -0.2) is 4.79 Å². The van der Waals surface area contributed by atoms with Gasteiger partial charge in [-0.3, -0.25) is 4.79 Å². The number of likely N-dealkylation sites (tertiary alicyclic amines) is 1. The van der Waals surface area contributed by atoms with Crippen LogP contribution in [0.1, 0.15) is 52.4 Å². The van der Waals surface area contributed by atoms with Crippen molar-refractivity contribution in [1.82, 2.24) is 9.80 Å². The molecule has 1 saturated carbocycles. The minimum Gasteiger partial charge on any atom is -0.481 e. The van der Waals surface area contributed by atoms with Crippen LogP contribution < -0.4 is 0 Å². The Bertz CT molecular complexity index is 412. The van der Waals surface area contributed by atoms with Crippen LogP contribution in [0, 0.1) is 11.3 Å². The predicted molar refractivity (Wildman–Crippen MR) is 81.1 cm³/mol. The maximum Gasteiger partial charge on any atom is 0.320 e. The van der Waals surface area contributed by atoms with Crippen LogP contribution in [-0.4, -0.2) is 53.1 Å². The van der Waals surface area contributed by atoms with Crippen molar-refractivity contribution >= 4 is 12.0 Å². The quantitative estimate of drug-likeness (QED) is 0.852. The molecule has 1 N–H and O–H groups in total. The van der Waals surface area contributed by atoms with E-state index in [2.05, 4.69) is 6.92 Å². The van der Waals surface area contributed by atoms with Crippen LogP contribution in [0.3, 0.4) is 0 Å². The van der Waals surface area contributed by atoms with E-state index in [9.17, 15) is 14.7 Å². The number of urea groups is 1. The highest BCUT2D eigenvalue weighted by Crippen LogP contribution is 2.32. The highest BCUT2D eigenvalue weighted by atomic mass is 16.4. The monoisotopic (exact) mass is 296 g/mol. The summed E-state index contributed by atoms with van der Waals surface area (Å²) in [6.45, 7) is 4.99. The molecule has 5 nitrogen and oxygen atoms in total. The number of carbonyl (C=O) groups is 2. The highest BCUT2D eigenvalue weighted by molar-refractivity contribution is 5.78. The van der Waals surface area contributed by atoms with Gasteiger partial charge in [0.15, 0.2) is 0 Å². The molecule has 21 heavy (non-hydrogen) atoms. The molecule has 0 spiro atoms. The third-order valence-corrected chi connectivity index (χ3v) is 5.24. The first-order chi connectivity index (χ1) is 9.83. The number of piperidine rings is 1. The molecule has 0 aromatic carbocycles. The van der Waals surface area contributed by atoms with Crippen molar-refractivity contribution in [2.75, 3.05) is 20.1 Å². The lowest BCUT2D eigenvalue weighted by atomic mass is 9.82. The molecule has 0 aromatic heterocycles. The maximum absolute atomic E-state index is 12.7. The Kier molecular flexibility index (Phi) is 4.79. The van der Waals surface area contributed by atoms with E-state index in [1.807, 2.05) is 11.9 Å². The smallest absolute Gasteiger partial charge is 0.320 e. The predicted octanol–water partition coefficient (Wildman–Crippen LogP) is 2.80. The summed E-state index contributed by atoms with van der Waals surface area (Å²) in [7, 11) is 1.87. The Morgan fingerprint density at radius 3 is 2.62 bits per heavy atom. The van der Waals surface area contributed by atoms with Crippen molar-refractivity contribution in [3.8, 4) is 0 Å². The molecule has 2 fully saturated rings. The second kappa shape index (κ2) is 6.24. The summed E-state index contributed by atoms with van der Waals surface area (Å²) in [4.78, 5) is 27.7. The number of rotatable bonds is 2. The van der Waals surface area contributed by atoms with Gasteiger partial charge in [0.25, 0.3) is 0 Å². The molecule has 0 bridgehead atoms. The van der Waals surface area contributed by atoms with Crippen molar-refractivity contribution in [3.05, 3.63) is 0 Å². The lowest BCUT2D eigenvalue weighted by Crippen LogP contribution is -2.54. The molecule has 2 rings (SSSR count). The summed E-state index contributed by atoms with van der Waals surface area (Å²) in [5.74, 6) is -0.126. The molecule has 1 aliphatic heterocycles. The van der Waals surface area contributed by atoms with E-state index < -0.39 is 11.4 Å². The molecule has 1 saturated heterocycles. The molecule has 2 amide bonds. The molecule has 3 unspecified atom stereocenters. The number of carboxylic acid groups (broad SMARTS) is 1. The van der Waals surface area contributed by atoms with Crippen LogP contribution >= 0.6 is 0 Å². The molecule has 5 heteroatoms. The Labute approximate surface area is 127 Å². The summed E-state index contributed by atoms with van der Waals surface area (Å²) in [5, 5.41) is 9.37. The second-order valence-corrected chi connectivity index (χ2v) is 7.21. The van der Waals surface area contributed by atoms with E-state index in [0.717, 1.165) is 19.3 Å². The van der Waals surface area contributed by atoms with Gasteiger partial charge in [-0.05, 0) is 38.5 Å². The van der Waals surface area contributed by atoms with Crippen LogP contribution in [-0.2, 0) is 4.79 Å². The Balaban J connectivity index is 2.00. The van der Waals surface area contributed by atoms with Crippen LogP contribution in [0.15, 0.2) is 0 Å². The van der Waals surface area contributed by atoms with Gasteiger partial charge in [0.2, 0.25) is 0 Å². The molecule has 0 radical (unpaired) electrons. The van der Waals surface area contributed by atoms with Gasteiger partial charge in [-0.2, -0.15) is 0 Å². The third-order valence-electron chi connectivity index (χ3n) is 5.24. The summed E-state index contributed by atoms with van der Waals surface area (Å²) in [6.07, 6.45) is 5.97. The topological polar surface area (TPSA) is 60.9 Å². The first-order valence-electron chi connectivity index (χ1n) is 8.08. The number of carbonyl (C=O) groups excluding carboxylic acids is 1. The van der Waals surface area contributed by atoms with Crippen LogP contribution in [0.5, 0.6) is 0 Å². The van der Waals surface area contributed by atoms with Gasteiger partial charge in [0.1, 0.15) is 0 Å². The number of aliphatic carboxylic acids is 1. The molecule has 120 valence electrons. The van der Waals surface area contributed by atoms with Gasteiger partial charge in [-0.15, -0.1) is 0 Å². The Morgan fingerprint density at radius 2 is 2.00 bits per heavy atom. The van der Waals surface area contributed by atoms with Gasteiger partial charge in [-0.1, -0.05) is 19.8 Å². The molecule has 3 atom stereocenters. The number of hydrogen-bond donors (Lipinski definition) is 1. The van der Waals surface area contributed by atoms with E-state index in [0.29, 0.717) is 31.5 Å². The van der Waals surface area contributed by atoms with Gasteiger partial charge >= 0.3 is 12.0 Å². The van der Waals surface area contributed by atoms with Gasteiger partial charge < -0.3 is 14.9 Å². The summed E-state index contributed by atoms with van der Waals surface area (Å²) < 4.78 is 0. The SMILES string of the molecule is CC1CCCC(N(C)C(=O)N2CCCC(C)(C(=O)O)C2)C1. The molecular formula is C16H28N2O3. The standard InChI is InChI=1S/C16H28N2O3/c1-12-6-4-7-13(10-12)17(3)15(21)18-9-5-8-16(2,11-18)14(19)20/h12-13H,4-11H2,1-3H3,(H,19,20). The summed E-state index contributed by atoms with van der Waals surface area (Å²) in [5.41, 5.74) is -0.797. The zero-order chi connectivity index (χ0) is 15.6. The van der Waals surface area contributed by atoms with Crippen LogP contribution in [0.25, 0.3) is 0 Å².